The first kappa shape index (κ1) is 15.1. The standard InChI is InChI=1S/C15H16N2O3S/c1-12-4-7-14(8-5-12)21(19,20)15(17-11-18)9-6-13-3-2-10-16-13/h2-5,7-11,16H,6H2,1H3,(H,17,18)/b15-9+. The molecule has 5 nitrogen and oxygen atoms in total. The largest absolute Gasteiger partial charge is 0.365 e. The minimum absolute atomic E-state index is 0.115. The van der Waals surface area contributed by atoms with Crippen molar-refractivity contribution in [2.75, 3.05) is 0 Å². The number of nitrogens with one attached hydrogen (secondary N) is 2. The summed E-state index contributed by atoms with van der Waals surface area (Å²) in [6.07, 6.45) is 3.99. The molecule has 1 aromatic carbocycles. The number of sulfone groups is 1. The minimum atomic E-state index is -3.73. The van der Waals surface area contributed by atoms with Crippen LogP contribution < -0.4 is 5.32 Å². The zero-order valence-corrected chi connectivity index (χ0v) is 12.4. The molecule has 2 N–H and O–H groups in total. The van der Waals surface area contributed by atoms with E-state index in [-0.39, 0.29) is 9.92 Å². The van der Waals surface area contributed by atoms with Crippen LogP contribution >= 0.6 is 0 Å². The summed E-state index contributed by atoms with van der Waals surface area (Å²) < 4.78 is 25.0. The van der Waals surface area contributed by atoms with E-state index in [1.165, 1.54) is 18.2 Å². The van der Waals surface area contributed by atoms with Crippen molar-refractivity contribution in [3.63, 3.8) is 0 Å². The lowest BCUT2D eigenvalue weighted by atomic mass is 10.2. The van der Waals surface area contributed by atoms with Crippen LogP contribution in [0.3, 0.4) is 0 Å². The molecule has 2 rings (SSSR count). The Kier molecular flexibility index (Phi) is 4.59. The fourth-order valence-corrected chi connectivity index (χ4v) is 3.10. The molecule has 0 unspecified atom stereocenters. The maximum atomic E-state index is 12.5. The molecule has 0 radical (unpaired) electrons. The fourth-order valence-electron chi connectivity index (χ4n) is 1.85. The molecular formula is C15H16N2O3S. The number of carbonyl (C=O) groups is 1. The Hall–Kier alpha value is -2.34. The predicted octanol–water partition coefficient (Wildman–Crippen LogP) is 1.93. The number of H-pyrrole nitrogens is 1. The van der Waals surface area contributed by atoms with Crippen LogP contribution in [0.4, 0.5) is 0 Å². The smallest absolute Gasteiger partial charge is 0.221 e. The van der Waals surface area contributed by atoms with E-state index in [9.17, 15) is 13.2 Å². The van der Waals surface area contributed by atoms with Crippen LogP contribution in [0.25, 0.3) is 0 Å². The molecule has 0 aliphatic heterocycles. The van der Waals surface area contributed by atoms with E-state index in [2.05, 4.69) is 10.3 Å². The third-order valence-electron chi connectivity index (χ3n) is 2.99. The summed E-state index contributed by atoms with van der Waals surface area (Å²) in [6, 6.07) is 10.2. The summed E-state index contributed by atoms with van der Waals surface area (Å²) in [6.45, 7) is 1.88. The van der Waals surface area contributed by atoms with Crippen LogP contribution in [-0.2, 0) is 21.1 Å². The topological polar surface area (TPSA) is 79.0 Å². The Balaban J connectivity index is 2.33. The molecule has 0 saturated carbocycles. The Morgan fingerprint density at radius 1 is 1.24 bits per heavy atom. The first-order valence-electron chi connectivity index (χ1n) is 6.38. The number of aryl methyl sites for hydroxylation is 1. The maximum absolute atomic E-state index is 12.5. The van der Waals surface area contributed by atoms with Gasteiger partial charge in [0.05, 0.1) is 4.90 Å². The number of hydrogen-bond donors (Lipinski definition) is 2. The van der Waals surface area contributed by atoms with Crippen LogP contribution in [-0.4, -0.2) is 19.8 Å². The van der Waals surface area contributed by atoms with Crippen LogP contribution in [0.15, 0.2) is 58.6 Å². The average Bonchev–Trinajstić information content (AvgIpc) is 2.97. The monoisotopic (exact) mass is 304 g/mol. The Labute approximate surface area is 123 Å². The highest BCUT2D eigenvalue weighted by atomic mass is 32.2. The van der Waals surface area contributed by atoms with Gasteiger partial charge in [-0.2, -0.15) is 0 Å². The van der Waals surface area contributed by atoms with Gasteiger partial charge in [0.15, 0.2) is 0 Å². The second-order valence-electron chi connectivity index (χ2n) is 4.55. The second-order valence-corrected chi connectivity index (χ2v) is 6.46. The first-order chi connectivity index (χ1) is 10.0. The highest BCUT2D eigenvalue weighted by Crippen LogP contribution is 2.18. The van der Waals surface area contributed by atoms with Gasteiger partial charge in [-0.1, -0.05) is 17.7 Å². The summed E-state index contributed by atoms with van der Waals surface area (Å²) in [5, 5.41) is 2.16. The fraction of sp³-hybridized carbons (Fsp3) is 0.133. The van der Waals surface area contributed by atoms with E-state index in [1.807, 2.05) is 19.1 Å². The normalized spacial score (nSPS) is 12.1. The minimum Gasteiger partial charge on any atom is -0.365 e. The molecular weight excluding hydrogens is 288 g/mol. The summed E-state index contributed by atoms with van der Waals surface area (Å²) in [5.41, 5.74) is 1.83. The molecule has 0 aliphatic carbocycles. The molecule has 0 bridgehead atoms. The Morgan fingerprint density at radius 3 is 2.52 bits per heavy atom. The van der Waals surface area contributed by atoms with Crippen LogP contribution in [0.2, 0.25) is 0 Å². The maximum Gasteiger partial charge on any atom is 0.221 e. The molecule has 2 aromatic rings. The highest BCUT2D eigenvalue weighted by Gasteiger charge is 2.20. The number of allylic oxidation sites excluding steroid dienone is 1. The molecule has 6 heteroatoms. The van der Waals surface area contributed by atoms with Gasteiger partial charge in [0, 0.05) is 18.3 Å². The van der Waals surface area contributed by atoms with Crippen molar-refractivity contribution in [3.8, 4) is 0 Å². The summed E-state index contributed by atoms with van der Waals surface area (Å²) in [5.74, 6) is 0. The molecule has 110 valence electrons. The van der Waals surface area contributed by atoms with E-state index in [0.29, 0.717) is 12.8 Å². The molecule has 0 atom stereocenters. The van der Waals surface area contributed by atoms with Crippen LogP contribution in [0.1, 0.15) is 11.3 Å². The van der Waals surface area contributed by atoms with Gasteiger partial charge >= 0.3 is 0 Å². The van der Waals surface area contributed by atoms with Gasteiger partial charge in [-0.3, -0.25) is 4.79 Å². The van der Waals surface area contributed by atoms with Crippen molar-refractivity contribution in [1.29, 1.82) is 0 Å². The van der Waals surface area contributed by atoms with Gasteiger partial charge in [-0.05, 0) is 37.3 Å². The van der Waals surface area contributed by atoms with Gasteiger partial charge in [0.1, 0.15) is 5.03 Å². The Bertz CT molecular complexity index is 730. The zero-order chi connectivity index (χ0) is 15.3. The van der Waals surface area contributed by atoms with E-state index in [0.717, 1.165) is 11.3 Å². The molecule has 1 heterocycles. The molecule has 0 aliphatic rings. The lowest BCUT2D eigenvalue weighted by Crippen LogP contribution is -2.20. The summed E-state index contributed by atoms with van der Waals surface area (Å²) >= 11 is 0. The summed E-state index contributed by atoms with van der Waals surface area (Å²) in [4.78, 5) is 13.8. The van der Waals surface area contributed by atoms with Gasteiger partial charge in [-0.15, -0.1) is 0 Å². The number of aromatic amines is 1. The van der Waals surface area contributed by atoms with E-state index in [4.69, 9.17) is 0 Å². The third-order valence-corrected chi connectivity index (χ3v) is 4.75. The van der Waals surface area contributed by atoms with Crippen LogP contribution in [0, 0.1) is 6.92 Å². The number of benzene rings is 1. The number of amides is 1. The number of rotatable bonds is 6. The summed E-state index contributed by atoms with van der Waals surface area (Å²) in [7, 11) is -3.73. The number of aromatic nitrogens is 1. The molecule has 0 fully saturated rings. The second kappa shape index (κ2) is 6.41. The first-order valence-corrected chi connectivity index (χ1v) is 7.86. The average molecular weight is 304 g/mol. The predicted molar refractivity (Wildman–Crippen MR) is 80.1 cm³/mol. The zero-order valence-electron chi connectivity index (χ0n) is 11.5. The number of hydrogen-bond acceptors (Lipinski definition) is 3. The van der Waals surface area contributed by atoms with Gasteiger partial charge in [0.2, 0.25) is 16.2 Å². The van der Waals surface area contributed by atoms with Crippen molar-refractivity contribution in [1.82, 2.24) is 10.3 Å². The molecule has 0 spiro atoms. The lowest BCUT2D eigenvalue weighted by Gasteiger charge is -2.08. The van der Waals surface area contributed by atoms with Gasteiger partial charge in [-0.25, -0.2) is 8.42 Å². The van der Waals surface area contributed by atoms with Gasteiger partial charge in [0.25, 0.3) is 0 Å². The lowest BCUT2D eigenvalue weighted by molar-refractivity contribution is -0.108. The van der Waals surface area contributed by atoms with Crippen molar-refractivity contribution in [2.45, 2.75) is 18.2 Å². The molecule has 0 saturated heterocycles. The van der Waals surface area contributed by atoms with E-state index in [1.54, 1.807) is 18.3 Å². The van der Waals surface area contributed by atoms with Crippen molar-refractivity contribution in [3.05, 3.63) is 65.0 Å². The van der Waals surface area contributed by atoms with Crippen LogP contribution in [0.5, 0.6) is 0 Å². The van der Waals surface area contributed by atoms with Crippen molar-refractivity contribution >= 4 is 16.2 Å². The Morgan fingerprint density at radius 2 is 1.95 bits per heavy atom. The molecule has 1 aromatic heterocycles. The highest BCUT2D eigenvalue weighted by molar-refractivity contribution is 7.95. The van der Waals surface area contributed by atoms with Gasteiger partial charge < -0.3 is 10.3 Å². The van der Waals surface area contributed by atoms with Crippen molar-refractivity contribution < 1.29 is 13.2 Å². The van der Waals surface area contributed by atoms with E-state index >= 15 is 0 Å². The quantitative estimate of drug-likeness (QED) is 0.800. The third kappa shape index (κ3) is 3.61. The number of carbonyl (C=O) groups excluding carboxylic acids is 1. The van der Waals surface area contributed by atoms with Crippen molar-refractivity contribution in [2.24, 2.45) is 0 Å². The molecule has 1 amide bonds. The molecule has 21 heavy (non-hydrogen) atoms. The van der Waals surface area contributed by atoms with E-state index < -0.39 is 9.84 Å². The SMILES string of the molecule is Cc1ccc(S(=O)(=O)/C(=C/Cc2ccc[nH]2)NC=O)cc1.